The third kappa shape index (κ3) is 3.03. The van der Waals surface area contributed by atoms with Gasteiger partial charge in [-0.1, -0.05) is 30.3 Å². The summed E-state index contributed by atoms with van der Waals surface area (Å²) in [4.78, 5) is 14.2. The van der Waals surface area contributed by atoms with Crippen LogP contribution in [0, 0.1) is 0 Å². The Kier molecular flexibility index (Phi) is 4.83. The topological polar surface area (TPSA) is 29.5 Å². The summed E-state index contributed by atoms with van der Waals surface area (Å²) in [5, 5.41) is 0. The van der Waals surface area contributed by atoms with Crippen molar-refractivity contribution in [3.8, 4) is 0 Å². The summed E-state index contributed by atoms with van der Waals surface area (Å²) in [6.07, 6.45) is 3.27. The number of esters is 1. The van der Waals surface area contributed by atoms with E-state index in [1.54, 1.807) is 0 Å². The van der Waals surface area contributed by atoms with Crippen molar-refractivity contribution in [1.29, 1.82) is 0 Å². The molecule has 0 spiro atoms. The van der Waals surface area contributed by atoms with Crippen molar-refractivity contribution < 1.29 is 9.53 Å². The molecule has 1 fully saturated rings. The number of rotatable bonds is 3. The molecule has 3 heteroatoms. The first-order chi connectivity index (χ1) is 9.65. The van der Waals surface area contributed by atoms with E-state index in [9.17, 15) is 4.79 Å². The molecule has 3 nitrogen and oxygen atoms in total. The van der Waals surface area contributed by atoms with Crippen molar-refractivity contribution >= 4 is 5.97 Å². The highest BCUT2D eigenvalue weighted by Crippen LogP contribution is 2.32. The van der Waals surface area contributed by atoms with Crippen LogP contribution in [0.5, 0.6) is 0 Å². The van der Waals surface area contributed by atoms with Crippen LogP contribution in [0.4, 0.5) is 0 Å². The summed E-state index contributed by atoms with van der Waals surface area (Å²) < 4.78 is 4.88. The van der Waals surface area contributed by atoms with Crippen molar-refractivity contribution in [1.82, 2.24) is 4.90 Å². The molecule has 0 unspecified atom stereocenters. The van der Waals surface area contributed by atoms with Crippen LogP contribution < -0.4 is 0 Å². The third-order valence-electron chi connectivity index (χ3n) is 4.08. The molecule has 1 aliphatic rings. The van der Waals surface area contributed by atoms with Gasteiger partial charge >= 0.3 is 5.97 Å². The quantitative estimate of drug-likeness (QED) is 0.621. The van der Waals surface area contributed by atoms with Crippen LogP contribution >= 0.6 is 0 Å². The molecular formula is C17H23NO2. The lowest BCUT2D eigenvalue weighted by Crippen LogP contribution is -2.32. The molecule has 108 valence electrons. The molecule has 1 heterocycles. The van der Waals surface area contributed by atoms with Gasteiger partial charge in [-0.15, -0.1) is 0 Å². The van der Waals surface area contributed by atoms with Crippen molar-refractivity contribution in [2.75, 3.05) is 13.7 Å². The highest BCUT2D eigenvalue weighted by Gasteiger charge is 2.25. The second-order valence-corrected chi connectivity index (χ2v) is 5.30. The SMILES string of the molecule is COC(=O)/C(C)=C1/CCCCN1[C@@H](C)c1ccccc1. The third-order valence-corrected chi connectivity index (χ3v) is 4.08. The molecule has 1 aliphatic heterocycles. The average Bonchev–Trinajstić information content (AvgIpc) is 2.53. The fourth-order valence-electron chi connectivity index (χ4n) is 2.87. The lowest BCUT2D eigenvalue weighted by atomic mass is 9.98. The number of piperidine rings is 1. The Labute approximate surface area is 121 Å². The predicted molar refractivity (Wildman–Crippen MR) is 80.1 cm³/mol. The number of hydrogen-bond donors (Lipinski definition) is 0. The molecule has 0 radical (unpaired) electrons. The Morgan fingerprint density at radius 3 is 2.60 bits per heavy atom. The number of benzene rings is 1. The van der Waals surface area contributed by atoms with Gasteiger partial charge in [-0.3, -0.25) is 0 Å². The standard InChI is InChI=1S/C17H23NO2/c1-13(17(19)20-3)16-11-7-8-12-18(16)14(2)15-9-5-4-6-10-15/h4-6,9-10,14H,7-8,11-12H2,1-3H3/b16-13-/t14-/m0/s1. The molecule has 20 heavy (non-hydrogen) atoms. The monoisotopic (exact) mass is 273 g/mol. The lowest BCUT2D eigenvalue weighted by molar-refractivity contribution is -0.136. The molecule has 0 N–H and O–H groups in total. The van der Waals surface area contributed by atoms with Crippen molar-refractivity contribution in [3.05, 3.63) is 47.2 Å². The first-order valence-electron chi connectivity index (χ1n) is 7.24. The zero-order valence-electron chi connectivity index (χ0n) is 12.6. The predicted octanol–water partition coefficient (Wildman–Crippen LogP) is 3.68. The number of nitrogens with zero attached hydrogens (tertiary/aromatic N) is 1. The zero-order chi connectivity index (χ0) is 14.5. The molecule has 1 aromatic rings. The highest BCUT2D eigenvalue weighted by molar-refractivity contribution is 5.88. The second-order valence-electron chi connectivity index (χ2n) is 5.30. The number of hydrogen-bond acceptors (Lipinski definition) is 3. The Morgan fingerprint density at radius 2 is 1.95 bits per heavy atom. The zero-order valence-corrected chi connectivity index (χ0v) is 12.6. The maximum atomic E-state index is 11.8. The number of ether oxygens (including phenoxy) is 1. The first kappa shape index (κ1) is 14.6. The Balaban J connectivity index is 2.30. The minimum absolute atomic E-state index is 0.216. The molecule has 1 aromatic carbocycles. The van der Waals surface area contributed by atoms with E-state index < -0.39 is 0 Å². The van der Waals surface area contributed by atoms with Crippen LogP contribution in [0.15, 0.2) is 41.6 Å². The summed E-state index contributed by atoms with van der Waals surface area (Å²) in [5.41, 5.74) is 3.17. The van der Waals surface area contributed by atoms with Crippen LogP contribution in [0.3, 0.4) is 0 Å². The summed E-state index contributed by atoms with van der Waals surface area (Å²) in [6, 6.07) is 10.7. The molecule has 0 saturated carbocycles. The van der Waals surface area contributed by atoms with E-state index >= 15 is 0 Å². The van der Waals surface area contributed by atoms with Crippen LogP contribution in [0.2, 0.25) is 0 Å². The minimum atomic E-state index is -0.216. The van der Waals surface area contributed by atoms with E-state index in [0.717, 1.165) is 30.7 Å². The highest BCUT2D eigenvalue weighted by atomic mass is 16.5. The van der Waals surface area contributed by atoms with Crippen LogP contribution in [0.1, 0.15) is 44.7 Å². The van der Waals surface area contributed by atoms with E-state index in [-0.39, 0.29) is 12.0 Å². The Bertz CT molecular complexity index is 493. The number of allylic oxidation sites excluding steroid dienone is 1. The van der Waals surface area contributed by atoms with Crippen molar-refractivity contribution in [2.24, 2.45) is 0 Å². The van der Waals surface area contributed by atoms with E-state index in [4.69, 9.17) is 4.74 Å². The fourth-order valence-corrected chi connectivity index (χ4v) is 2.87. The van der Waals surface area contributed by atoms with Gasteiger partial charge in [0.2, 0.25) is 0 Å². The van der Waals surface area contributed by atoms with Gasteiger partial charge in [0.15, 0.2) is 0 Å². The molecule has 0 aromatic heterocycles. The molecule has 2 rings (SSSR count). The van der Waals surface area contributed by atoms with E-state index in [2.05, 4.69) is 36.1 Å². The molecule has 1 atom stereocenters. The van der Waals surface area contributed by atoms with E-state index in [0.29, 0.717) is 0 Å². The minimum Gasteiger partial charge on any atom is -0.466 e. The number of likely N-dealkylation sites (tertiary alicyclic amines) is 1. The summed E-state index contributed by atoms with van der Waals surface area (Å²) in [6.45, 7) is 5.07. The van der Waals surface area contributed by atoms with Gasteiger partial charge in [0.25, 0.3) is 0 Å². The Hall–Kier alpha value is -1.77. The molecular weight excluding hydrogens is 250 g/mol. The van der Waals surface area contributed by atoms with Crippen molar-refractivity contribution in [3.63, 3.8) is 0 Å². The van der Waals surface area contributed by atoms with Crippen LogP contribution in [-0.2, 0) is 9.53 Å². The Morgan fingerprint density at radius 1 is 1.25 bits per heavy atom. The summed E-state index contributed by atoms with van der Waals surface area (Å²) >= 11 is 0. The second kappa shape index (κ2) is 6.60. The van der Waals surface area contributed by atoms with E-state index in [1.165, 1.54) is 19.1 Å². The maximum absolute atomic E-state index is 11.8. The van der Waals surface area contributed by atoms with Gasteiger partial charge < -0.3 is 9.64 Å². The number of carbonyl (C=O) groups excluding carboxylic acids is 1. The number of carbonyl (C=O) groups is 1. The van der Waals surface area contributed by atoms with Gasteiger partial charge in [-0.2, -0.15) is 0 Å². The molecule has 0 bridgehead atoms. The largest absolute Gasteiger partial charge is 0.466 e. The van der Waals surface area contributed by atoms with Crippen LogP contribution in [-0.4, -0.2) is 24.5 Å². The van der Waals surface area contributed by atoms with Gasteiger partial charge in [0, 0.05) is 12.2 Å². The van der Waals surface area contributed by atoms with E-state index in [1.807, 2.05) is 13.0 Å². The average molecular weight is 273 g/mol. The van der Waals surface area contributed by atoms with Gasteiger partial charge in [-0.05, 0) is 38.7 Å². The number of methoxy groups -OCH3 is 1. The van der Waals surface area contributed by atoms with Gasteiger partial charge in [0.1, 0.15) is 0 Å². The fraction of sp³-hybridized carbons (Fsp3) is 0.471. The van der Waals surface area contributed by atoms with Crippen LogP contribution in [0.25, 0.3) is 0 Å². The molecule has 0 aliphatic carbocycles. The maximum Gasteiger partial charge on any atom is 0.335 e. The van der Waals surface area contributed by atoms with Gasteiger partial charge in [0.05, 0.1) is 18.7 Å². The molecule has 0 amide bonds. The lowest BCUT2D eigenvalue weighted by Gasteiger charge is -2.38. The summed E-state index contributed by atoms with van der Waals surface area (Å²) in [5.74, 6) is -0.216. The smallest absolute Gasteiger partial charge is 0.335 e. The normalized spacial score (nSPS) is 19.4. The van der Waals surface area contributed by atoms with Crippen molar-refractivity contribution in [2.45, 2.75) is 39.2 Å². The summed E-state index contributed by atoms with van der Waals surface area (Å²) in [7, 11) is 1.44. The molecule has 1 saturated heterocycles. The van der Waals surface area contributed by atoms with Gasteiger partial charge in [-0.25, -0.2) is 4.79 Å². The first-order valence-corrected chi connectivity index (χ1v) is 7.24.